The minimum absolute atomic E-state index is 0.118. The van der Waals surface area contributed by atoms with Crippen LogP contribution in [0.3, 0.4) is 0 Å². The summed E-state index contributed by atoms with van der Waals surface area (Å²) in [6.45, 7) is 4.44. The predicted octanol–water partition coefficient (Wildman–Crippen LogP) is 3.37. The van der Waals surface area contributed by atoms with Gasteiger partial charge in [-0.05, 0) is 44.4 Å². The number of carbonyl (C=O) groups excluding carboxylic acids is 2. The van der Waals surface area contributed by atoms with E-state index in [0.717, 1.165) is 28.6 Å². The number of rotatable bonds is 3. The number of benzene rings is 1. The van der Waals surface area contributed by atoms with Gasteiger partial charge in [-0.1, -0.05) is 18.2 Å². The van der Waals surface area contributed by atoms with Gasteiger partial charge in [0.25, 0.3) is 5.91 Å². The fraction of sp³-hybridized carbons (Fsp3) is 0.286. The first-order chi connectivity index (χ1) is 13.1. The van der Waals surface area contributed by atoms with Gasteiger partial charge >= 0.3 is 0 Å². The lowest BCUT2D eigenvalue weighted by Crippen LogP contribution is -2.52. The third-order valence-corrected chi connectivity index (χ3v) is 5.07. The highest BCUT2D eigenvalue weighted by molar-refractivity contribution is 6.04. The van der Waals surface area contributed by atoms with Crippen molar-refractivity contribution in [1.29, 1.82) is 0 Å². The minimum Gasteiger partial charge on any atom is -0.450 e. The third kappa shape index (κ3) is 3.07. The molecule has 1 aromatic carbocycles. The molecule has 1 fully saturated rings. The lowest BCUT2D eigenvalue weighted by molar-refractivity contribution is -0.121. The Balaban J connectivity index is 1.57. The maximum absolute atomic E-state index is 12.9. The summed E-state index contributed by atoms with van der Waals surface area (Å²) in [4.78, 5) is 31.4. The van der Waals surface area contributed by atoms with Crippen LogP contribution in [0, 0.1) is 13.8 Å². The predicted molar refractivity (Wildman–Crippen MR) is 103 cm³/mol. The Bertz CT molecular complexity index is 1010. The van der Waals surface area contributed by atoms with Gasteiger partial charge in [-0.15, -0.1) is 0 Å². The van der Waals surface area contributed by atoms with Crippen LogP contribution >= 0.6 is 0 Å². The number of nitrogens with one attached hydrogen (secondary N) is 1. The summed E-state index contributed by atoms with van der Waals surface area (Å²) >= 11 is 0. The topological polar surface area (TPSA) is 75.4 Å². The first kappa shape index (κ1) is 17.3. The molecule has 0 spiro atoms. The Kier molecular flexibility index (Phi) is 4.39. The monoisotopic (exact) mass is 363 g/mol. The lowest BCUT2D eigenvalue weighted by atomic mass is 10.0. The molecule has 6 nitrogen and oxygen atoms in total. The number of aromatic nitrogens is 1. The Labute approximate surface area is 157 Å². The first-order valence-corrected chi connectivity index (χ1v) is 9.07. The van der Waals surface area contributed by atoms with E-state index < -0.39 is 6.04 Å². The number of para-hydroxylation sites is 1. The molecule has 3 aromatic rings. The van der Waals surface area contributed by atoms with Crippen molar-refractivity contribution in [3.05, 3.63) is 59.6 Å². The van der Waals surface area contributed by atoms with Crippen LogP contribution in [0.1, 0.15) is 34.5 Å². The highest BCUT2D eigenvalue weighted by atomic mass is 16.3. The van der Waals surface area contributed by atoms with Crippen molar-refractivity contribution in [2.24, 2.45) is 0 Å². The summed E-state index contributed by atoms with van der Waals surface area (Å²) in [5.41, 5.74) is 3.23. The largest absolute Gasteiger partial charge is 0.450 e. The Hall–Kier alpha value is -3.15. The van der Waals surface area contributed by atoms with Crippen LogP contribution < -0.4 is 10.2 Å². The molecule has 1 aliphatic rings. The first-order valence-electron chi connectivity index (χ1n) is 9.07. The van der Waals surface area contributed by atoms with Crippen molar-refractivity contribution in [2.75, 3.05) is 11.4 Å². The number of furan rings is 1. The summed E-state index contributed by atoms with van der Waals surface area (Å²) < 4.78 is 5.83. The van der Waals surface area contributed by atoms with Crippen molar-refractivity contribution in [3.8, 4) is 0 Å². The maximum Gasteiger partial charge on any atom is 0.287 e. The molecule has 1 saturated heterocycles. The van der Waals surface area contributed by atoms with Crippen molar-refractivity contribution in [3.63, 3.8) is 0 Å². The second-order valence-electron chi connectivity index (χ2n) is 6.88. The Morgan fingerprint density at radius 3 is 2.85 bits per heavy atom. The standard InChI is InChI=1S/C21H21N3O3/c1-13-6-3-8-16-14(2)19(27-18(13)16)20(25)23-17-9-5-11-24(21(17)26)15-7-4-10-22-12-15/h3-4,6-8,10,12,17H,5,9,11H2,1-2H3,(H,23,25). The summed E-state index contributed by atoms with van der Waals surface area (Å²) in [7, 11) is 0. The van der Waals surface area contributed by atoms with E-state index in [1.165, 1.54) is 0 Å². The molecular formula is C21H21N3O3. The number of aryl methyl sites for hydroxylation is 2. The van der Waals surface area contributed by atoms with Crippen LogP contribution in [0.25, 0.3) is 11.0 Å². The van der Waals surface area contributed by atoms with E-state index in [9.17, 15) is 9.59 Å². The average molecular weight is 363 g/mol. The van der Waals surface area contributed by atoms with E-state index in [1.54, 1.807) is 23.4 Å². The second-order valence-corrected chi connectivity index (χ2v) is 6.88. The van der Waals surface area contributed by atoms with Gasteiger partial charge in [0.1, 0.15) is 11.6 Å². The number of nitrogens with zero attached hydrogens (tertiary/aromatic N) is 2. The summed E-state index contributed by atoms with van der Waals surface area (Å²) in [6, 6.07) is 8.90. The fourth-order valence-corrected chi connectivity index (χ4v) is 3.60. The van der Waals surface area contributed by atoms with Crippen LogP contribution in [0.5, 0.6) is 0 Å². The zero-order valence-corrected chi connectivity index (χ0v) is 15.4. The molecule has 6 heteroatoms. The summed E-state index contributed by atoms with van der Waals surface area (Å²) in [6.07, 6.45) is 4.75. The molecule has 2 aromatic heterocycles. The van der Waals surface area contributed by atoms with E-state index in [-0.39, 0.29) is 17.6 Å². The fourth-order valence-electron chi connectivity index (χ4n) is 3.60. The maximum atomic E-state index is 12.9. The molecule has 2 amide bonds. The third-order valence-electron chi connectivity index (χ3n) is 5.07. The van der Waals surface area contributed by atoms with Gasteiger partial charge in [-0.25, -0.2) is 0 Å². The minimum atomic E-state index is -0.569. The highest BCUT2D eigenvalue weighted by Crippen LogP contribution is 2.28. The number of hydrogen-bond acceptors (Lipinski definition) is 4. The second kappa shape index (κ2) is 6.87. The normalized spacial score (nSPS) is 17.3. The van der Waals surface area contributed by atoms with E-state index in [0.29, 0.717) is 18.5 Å². The van der Waals surface area contributed by atoms with Crippen molar-refractivity contribution in [2.45, 2.75) is 32.7 Å². The molecule has 0 saturated carbocycles. The van der Waals surface area contributed by atoms with Gasteiger partial charge < -0.3 is 14.6 Å². The van der Waals surface area contributed by atoms with Gasteiger partial charge in [0, 0.05) is 23.7 Å². The summed E-state index contributed by atoms with van der Waals surface area (Å²) in [5, 5.41) is 3.78. The highest BCUT2D eigenvalue weighted by Gasteiger charge is 2.32. The molecule has 0 radical (unpaired) electrons. The molecule has 1 unspecified atom stereocenters. The number of piperidine rings is 1. The van der Waals surface area contributed by atoms with Crippen LogP contribution in [0.15, 0.2) is 47.1 Å². The SMILES string of the molecule is Cc1c(C(=O)NC2CCCN(c3cccnc3)C2=O)oc2c(C)cccc12. The van der Waals surface area contributed by atoms with Gasteiger partial charge in [-0.3, -0.25) is 14.6 Å². The number of carbonyl (C=O) groups is 2. The smallest absolute Gasteiger partial charge is 0.287 e. The zero-order valence-electron chi connectivity index (χ0n) is 15.4. The van der Waals surface area contributed by atoms with Gasteiger partial charge in [-0.2, -0.15) is 0 Å². The molecule has 1 atom stereocenters. The number of fused-ring (bicyclic) bond motifs is 1. The number of amides is 2. The molecule has 4 rings (SSSR count). The molecule has 3 heterocycles. The van der Waals surface area contributed by atoms with Crippen LogP contribution in [0.2, 0.25) is 0 Å². The molecule has 138 valence electrons. The summed E-state index contributed by atoms with van der Waals surface area (Å²) in [5.74, 6) is -0.201. The Morgan fingerprint density at radius 1 is 1.26 bits per heavy atom. The van der Waals surface area contributed by atoms with Crippen LogP contribution in [0.4, 0.5) is 5.69 Å². The van der Waals surface area contributed by atoms with E-state index in [2.05, 4.69) is 10.3 Å². The molecule has 1 aliphatic heterocycles. The Morgan fingerprint density at radius 2 is 2.11 bits per heavy atom. The van der Waals surface area contributed by atoms with E-state index in [1.807, 2.05) is 38.1 Å². The molecule has 0 aliphatic carbocycles. The van der Waals surface area contributed by atoms with Crippen molar-refractivity contribution < 1.29 is 14.0 Å². The molecule has 27 heavy (non-hydrogen) atoms. The van der Waals surface area contributed by atoms with Crippen LogP contribution in [-0.2, 0) is 4.79 Å². The molecule has 1 N–H and O–H groups in total. The number of hydrogen-bond donors (Lipinski definition) is 1. The van der Waals surface area contributed by atoms with E-state index >= 15 is 0 Å². The van der Waals surface area contributed by atoms with Gasteiger partial charge in [0.2, 0.25) is 5.91 Å². The zero-order chi connectivity index (χ0) is 19.0. The van der Waals surface area contributed by atoms with Crippen molar-refractivity contribution >= 4 is 28.5 Å². The molecule has 0 bridgehead atoms. The number of pyridine rings is 1. The lowest BCUT2D eigenvalue weighted by Gasteiger charge is -2.32. The number of anilines is 1. The van der Waals surface area contributed by atoms with E-state index in [4.69, 9.17) is 4.42 Å². The van der Waals surface area contributed by atoms with Crippen LogP contribution in [-0.4, -0.2) is 29.4 Å². The average Bonchev–Trinajstić information content (AvgIpc) is 3.02. The van der Waals surface area contributed by atoms with Gasteiger partial charge in [0.15, 0.2) is 5.76 Å². The van der Waals surface area contributed by atoms with Gasteiger partial charge in [0.05, 0.1) is 11.9 Å². The van der Waals surface area contributed by atoms with Crippen molar-refractivity contribution in [1.82, 2.24) is 10.3 Å². The quantitative estimate of drug-likeness (QED) is 0.774. The molecular weight excluding hydrogens is 342 g/mol.